The van der Waals surface area contributed by atoms with Gasteiger partial charge >= 0.3 is 0 Å². The summed E-state index contributed by atoms with van der Waals surface area (Å²) < 4.78 is 15.8. The summed E-state index contributed by atoms with van der Waals surface area (Å²) >= 11 is 0. The van der Waals surface area contributed by atoms with E-state index in [-0.39, 0.29) is 28.9 Å². The van der Waals surface area contributed by atoms with Crippen LogP contribution in [0.25, 0.3) is 0 Å². The minimum absolute atomic E-state index is 0.0166. The van der Waals surface area contributed by atoms with Crippen molar-refractivity contribution in [3.63, 3.8) is 0 Å². The number of aryl methyl sites for hydroxylation is 2. The predicted octanol–water partition coefficient (Wildman–Crippen LogP) is 1.88. The molecule has 0 bridgehead atoms. The molecule has 1 aromatic heterocycles. The van der Waals surface area contributed by atoms with Crippen LogP contribution in [-0.4, -0.2) is 70.5 Å². The number of nitrogens with one attached hydrogen (secondary N) is 1. The monoisotopic (exact) mass is 511 g/mol. The second-order valence-electron chi connectivity index (χ2n) is 10.4. The predicted molar refractivity (Wildman–Crippen MR) is 138 cm³/mol. The van der Waals surface area contributed by atoms with Gasteiger partial charge in [0.25, 0.3) is 5.91 Å². The summed E-state index contributed by atoms with van der Waals surface area (Å²) in [4.78, 5) is 56.9. The zero-order valence-corrected chi connectivity index (χ0v) is 22.0. The fourth-order valence-electron chi connectivity index (χ4n) is 5.27. The minimum Gasteiger partial charge on any atom is -0.341 e. The molecule has 0 saturated carbocycles. The van der Waals surface area contributed by atoms with Crippen LogP contribution in [0.4, 0.5) is 10.1 Å². The molecule has 1 atom stereocenters. The molecule has 1 spiro atoms. The Kier molecular flexibility index (Phi) is 7.12. The molecule has 0 radical (unpaired) electrons. The van der Waals surface area contributed by atoms with E-state index >= 15 is 0 Å². The average Bonchev–Trinajstić information content (AvgIpc) is 3.10. The molecule has 2 aliphatic rings. The van der Waals surface area contributed by atoms with Crippen LogP contribution in [0, 0.1) is 18.7 Å². The molecule has 3 amide bonds. The number of likely N-dealkylation sites (tertiary alicyclic amines) is 1. The Bertz CT molecular complexity index is 1280. The summed E-state index contributed by atoms with van der Waals surface area (Å²) in [7, 11) is 3.42. The molecule has 1 aromatic carbocycles. The molecular weight excluding hydrogens is 477 g/mol. The number of halogens is 1. The molecule has 9 nitrogen and oxygen atoms in total. The van der Waals surface area contributed by atoms with Crippen molar-refractivity contribution in [3.05, 3.63) is 63.8 Å². The van der Waals surface area contributed by atoms with E-state index in [0.29, 0.717) is 32.6 Å². The largest absolute Gasteiger partial charge is 0.341 e. The van der Waals surface area contributed by atoms with Crippen LogP contribution >= 0.6 is 0 Å². The van der Waals surface area contributed by atoms with Gasteiger partial charge in [0.1, 0.15) is 17.4 Å². The van der Waals surface area contributed by atoms with Gasteiger partial charge in [-0.3, -0.25) is 19.2 Å². The summed E-state index contributed by atoms with van der Waals surface area (Å²) in [5.74, 6) is -1.76. The number of anilines is 1. The minimum atomic E-state index is -0.830. The first-order valence-electron chi connectivity index (χ1n) is 12.5. The molecule has 2 aromatic rings. The molecule has 2 saturated heterocycles. The van der Waals surface area contributed by atoms with E-state index in [9.17, 15) is 23.6 Å². The molecule has 1 N–H and O–H groups in total. The zero-order chi connectivity index (χ0) is 27.1. The highest BCUT2D eigenvalue weighted by atomic mass is 19.1. The first-order chi connectivity index (χ1) is 17.4. The number of amides is 3. The molecule has 0 aliphatic carbocycles. The van der Waals surface area contributed by atoms with Crippen molar-refractivity contribution in [1.82, 2.24) is 19.7 Å². The second kappa shape index (κ2) is 9.99. The van der Waals surface area contributed by atoms with Gasteiger partial charge in [-0.15, -0.1) is 0 Å². The van der Waals surface area contributed by atoms with Crippen molar-refractivity contribution in [2.45, 2.75) is 45.2 Å². The van der Waals surface area contributed by atoms with E-state index in [1.165, 1.54) is 22.8 Å². The molecule has 2 aliphatic heterocycles. The Morgan fingerprint density at radius 2 is 1.73 bits per heavy atom. The number of piperidine rings is 1. The topological polar surface area (TPSA) is 95.0 Å². The Labute approximate surface area is 215 Å². The number of hydrogen-bond donors (Lipinski definition) is 1. The smallest absolute Gasteiger partial charge is 0.254 e. The summed E-state index contributed by atoms with van der Waals surface area (Å²) in [5, 5.41) is 2.73. The summed E-state index contributed by atoms with van der Waals surface area (Å²) in [6.45, 7) is 6.48. The van der Waals surface area contributed by atoms with E-state index in [0.717, 1.165) is 11.3 Å². The fourth-order valence-corrected chi connectivity index (χ4v) is 5.27. The van der Waals surface area contributed by atoms with Crippen LogP contribution in [0.5, 0.6) is 0 Å². The molecule has 4 rings (SSSR count). The van der Waals surface area contributed by atoms with E-state index in [1.54, 1.807) is 49.1 Å². The first-order valence-corrected chi connectivity index (χ1v) is 12.5. The number of pyridine rings is 1. The van der Waals surface area contributed by atoms with Crippen molar-refractivity contribution < 1.29 is 18.8 Å². The average molecular weight is 512 g/mol. The third-order valence-corrected chi connectivity index (χ3v) is 7.48. The SMILES string of the molecule is Cc1ccc(F)c(C(=O)N[C@@H](C(=O)N2CCC3(CC2)C(=O)N(C)CN3c2ccc(=O)n(C)c2)C(C)C)c1. The molecule has 10 heteroatoms. The van der Waals surface area contributed by atoms with Crippen molar-refractivity contribution in [1.29, 1.82) is 0 Å². The molecule has 37 heavy (non-hydrogen) atoms. The highest BCUT2D eigenvalue weighted by Crippen LogP contribution is 2.39. The maximum atomic E-state index is 14.3. The van der Waals surface area contributed by atoms with Crippen LogP contribution in [-0.2, 0) is 16.6 Å². The van der Waals surface area contributed by atoms with Crippen LogP contribution in [0.3, 0.4) is 0 Å². The van der Waals surface area contributed by atoms with E-state index in [4.69, 9.17) is 0 Å². The number of aromatic nitrogens is 1. The molecular formula is C27H34FN5O4. The van der Waals surface area contributed by atoms with Crippen molar-refractivity contribution in [2.75, 3.05) is 31.7 Å². The zero-order valence-electron chi connectivity index (χ0n) is 22.0. The van der Waals surface area contributed by atoms with E-state index < -0.39 is 23.3 Å². The lowest BCUT2D eigenvalue weighted by Gasteiger charge is -2.44. The van der Waals surface area contributed by atoms with Gasteiger partial charge in [0, 0.05) is 39.4 Å². The lowest BCUT2D eigenvalue weighted by Crippen LogP contribution is -2.60. The van der Waals surface area contributed by atoms with Crippen molar-refractivity contribution in [2.24, 2.45) is 13.0 Å². The number of carbonyl (C=O) groups is 3. The summed E-state index contributed by atoms with van der Waals surface area (Å²) in [6.07, 6.45) is 2.55. The number of nitrogens with zero attached hydrogens (tertiary/aromatic N) is 4. The van der Waals surface area contributed by atoms with Crippen LogP contribution in [0.1, 0.15) is 42.6 Å². The highest BCUT2D eigenvalue weighted by molar-refractivity contribution is 5.98. The van der Waals surface area contributed by atoms with Gasteiger partial charge < -0.3 is 24.6 Å². The molecule has 2 fully saturated rings. The highest BCUT2D eigenvalue weighted by Gasteiger charge is 2.53. The third kappa shape index (κ3) is 4.84. The lowest BCUT2D eigenvalue weighted by atomic mass is 9.85. The van der Waals surface area contributed by atoms with Gasteiger partial charge in [0.05, 0.1) is 17.9 Å². The number of likely N-dealkylation sites (N-methyl/N-ethyl adjacent to an activating group) is 1. The van der Waals surface area contributed by atoms with Crippen LogP contribution in [0.2, 0.25) is 0 Å². The van der Waals surface area contributed by atoms with Crippen LogP contribution < -0.4 is 15.8 Å². The van der Waals surface area contributed by atoms with Crippen molar-refractivity contribution in [3.8, 4) is 0 Å². The third-order valence-electron chi connectivity index (χ3n) is 7.48. The first kappa shape index (κ1) is 26.4. The maximum Gasteiger partial charge on any atom is 0.254 e. The summed E-state index contributed by atoms with van der Waals surface area (Å²) in [6, 6.07) is 6.67. The van der Waals surface area contributed by atoms with Gasteiger partial charge in [0.2, 0.25) is 17.4 Å². The van der Waals surface area contributed by atoms with Gasteiger partial charge in [-0.1, -0.05) is 25.5 Å². The van der Waals surface area contributed by atoms with E-state index in [1.807, 2.05) is 18.7 Å². The number of carbonyl (C=O) groups excluding carboxylic acids is 3. The fraction of sp³-hybridized carbons (Fsp3) is 0.481. The standard InChI is InChI=1S/C27H34FN5O4/c1-17(2)23(29-24(35)20-14-18(3)6-8-21(20)28)25(36)32-12-10-27(11-13-32)26(37)31(5)16-33(27)19-7-9-22(34)30(4)15-19/h6-9,14-15,17,23H,10-13,16H2,1-5H3,(H,29,35)/t23-/m1/s1. The van der Waals surface area contributed by atoms with Gasteiger partial charge in [-0.2, -0.15) is 0 Å². The van der Waals surface area contributed by atoms with Gasteiger partial charge in [-0.05, 0) is 43.9 Å². The Hall–Kier alpha value is -3.69. The normalized spacial score (nSPS) is 18.0. The number of rotatable bonds is 5. The Balaban J connectivity index is 1.51. The van der Waals surface area contributed by atoms with Crippen LogP contribution in [0.15, 0.2) is 41.3 Å². The number of hydrogen-bond acceptors (Lipinski definition) is 5. The lowest BCUT2D eigenvalue weighted by molar-refractivity contribution is -0.139. The summed E-state index contributed by atoms with van der Waals surface area (Å²) in [5.41, 5.74) is 0.471. The maximum absolute atomic E-state index is 14.3. The Morgan fingerprint density at radius 3 is 2.35 bits per heavy atom. The van der Waals surface area contributed by atoms with Gasteiger partial charge in [0.15, 0.2) is 0 Å². The number of benzene rings is 1. The molecule has 0 unspecified atom stereocenters. The quantitative estimate of drug-likeness (QED) is 0.662. The second-order valence-corrected chi connectivity index (χ2v) is 10.4. The Morgan fingerprint density at radius 1 is 1.05 bits per heavy atom. The van der Waals surface area contributed by atoms with E-state index in [2.05, 4.69) is 5.32 Å². The van der Waals surface area contributed by atoms with Gasteiger partial charge in [-0.25, -0.2) is 4.39 Å². The molecule has 198 valence electrons. The van der Waals surface area contributed by atoms with Crippen molar-refractivity contribution >= 4 is 23.4 Å². The molecule has 3 heterocycles.